The number of aromatic nitrogens is 4. The van der Waals surface area contributed by atoms with E-state index >= 15 is 0 Å². The summed E-state index contributed by atoms with van der Waals surface area (Å²) in [5.74, 6) is -0.556. The van der Waals surface area contributed by atoms with Crippen molar-refractivity contribution in [3.05, 3.63) is 78.0 Å². The zero-order valence-corrected chi connectivity index (χ0v) is 16.3. The third-order valence-corrected chi connectivity index (χ3v) is 4.63. The summed E-state index contributed by atoms with van der Waals surface area (Å²) in [6.45, 7) is 0. The average Bonchev–Trinajstić information content (AvgIpc) is 2.74. The van der Waals surface area contributed by atoms with E-state index < -0.39 is 5.82 Å². The standard InChI is InChI=1S/C22H18FN7O/c23-15-4-2-1-3-14(15)17-6-5-16(24)21(28-17)19(31)9-12-11-27-8-7-13(12)18-10-20(25)30-22(26)29-18/h1-8,10-11H,9,24H2,(H4,25,26,29,30). The van der Waals surface area contributed by atoms with Crippen molar-refractivity contribution in [1.29, 1.82) is 0 Å². The van der Waals surface area contributed by atoms with Gasteiger partial charge in [0.2, 0.25) is 5.95 Å². The molecule has 6 N–H and O–H groups in total. The summed E-state index contributed by atoms with van der Waals surface area (Å²) in [6, 6.07) is 12.6. The molecular weight excluding hydrogens is 397 g/mol. The zero-order chi connectivity index (χ0) is 22.0. The lowest BCUT2D eigenvalue weighted by Gasteiger charge is -2.11. The highest BCUT2D eigenvalue weighted by atomic mass is 19.1. The predicted molar refractivity (Wildman–Crippen MR) is 116 cm³/mol. The van der Waals surface area contributed by atoms with Crippen LogP contribution < -0.4 is 17.2 Å². The van der Waals surface area contributed by atoms with Crippen LogP contribution in [0.1, 0.15) is 16.1 Å². The number of hydrogen-bond donors (Lipinski definition) is 3. The molecule has 0 saturated heterocycles. The van der Waals surface area contributed by atoms with E-state index in [0.29, 0.717) is 22.5 Å². The molecule has 1 aromatic carbocycles. The number of nitrogen functional groups attached to an aromatic ring is 3. The van der Waals surface area contributed by atoms with E-state index in [0.717, 1.165) is 0 Å². The molecule has 4 aromatic rings. The van der Waals surface area contributed by atoms with Gasteiger partial charge in [0, 0.05) is 36.0 Å². The number of pyridine rings is 2. The van der Waals surface area contributed by atoms with Gasteiger partial charge in [0.05, 0.1) is 17.1 Å². The van der Waals surface area contributed by atoms with Gasteiger partial charge in [-0.1, -0.05) is 12.1 Å². The highest BCUT2D eigenvalue weighted by Crippen LogP contribution is 2.26. The number of halogens is 1. The monoisotopic (exact) mass is 415 g/mol. The number of rotatable bonds is 5. The molecule has 0 aliphatic heterocycles. The summed E-state index contributed by atoms with van der Waals surface area (Å²) in [7, 11) is 0. The van der Waals surface area contributed by atoms with Crippen molar-refractivity contribution in [2.24, 2.45) is 0 Å². The van der Waals surface area contributed by atoms with Crippen molar-refractivity contribution in [2.45, 2.75) is 6.42 Å². The van der Waals surface area contributed by atoms with E-state index in [2.05, 4.69) is 19.9 Å². The van der Waals surface area contributed by atoms with Crippen molar-refractivity contribution in [1.82, 2.24) is 19.9 Å². The Morgan fingerprint density at radius 2 is 1.71 bits per heavy atom. The van der Waals surface area contributed by atoms with Gasteiger partial charge in [0.15, 0.2) is 5.78 Å². The fraction of sp³-hybridized carbons (Fsp3) is 0.0455. The Kier molecular flexibility index (Phi) is 5.23. The van der Waals surface area contributed by atoms with Crippen molar-refractivity contribution in [3.63, 3.8) is 0 Å². The van der Waals surface area contributed by atoms with Crippen molar-refractivity contribution < 1.29 is 9.18 Å². The van der Waals surface area contributed by atoms with Gasteiger partial charge < -0.3 is 17.2 Å². The van der Waals surface area contributed by atoms with Gasteiger partial charge in [-0.3, -0.25) is 9.78 Å². The van der Waals surface area contributed by atoms with Crippen LogP contribution in [0, 0.1) is 5.82 Å². The molecule has 0 unspecified atom stereocenters. The van der Waals surface area contributed by atoms with Gasteiger partial charge in [0.1, 0.15) is 17.3 Å². The largest absolute Gasteiger partial charge is 0.397 e. The number of carbonyl (C=O) groups is 1. The number of ketones is 1. The Balaban J connectivity index is 1.70. The first-order valence-corrected chi connectivity index (χ1v) is 9.30. The van der Waals surface area contributed by atoms with E-state index in [4.69, 9.17) is 17.2 Å². The molecule has 0 atom stereocenters. The minimum atomic E-state index is -0.438. The molecule has 4 rings (SSSR count). The number of carbonyl (C=O) groups excluding carboxylic acids is 1. The average molecular weight is 415 g/mol. The van der Waals surface area contributed by atoms with Crippen LogP contribution in [0.3, 0.4) is 0 Å². The van der Waals surface area contributed by atoms with Crippen molar-refractivity contribution in [3.8, 4) is 22.5 Å². The van der Waals surface area contributed by atoms with E-state index in [1.54, 1.807) is 48.8 Å². The highest BCUT2D eigenvalue weighted by Gasteiger charge is 2.18. The van der Waals surface area contributed by atoms with Crippen molar-refractivity contribution in [2.75, 3.05) is 17.2 Å². The summed E-state index contributed by atoms with van der Waals surface area (Å²) in [4.78, 5) is 29.6. The summed E-state index contributed by atoms with van der Waals surface area (Å²) < 4.78 is 14.2. The molecule has 0 spiro atoms. The van der Waals surface area contributed by atoms with Gasteiger partial charge in [-0.15, -0.1) is 0 Å². The van der Waals surface area contributed by atoms with Crippen LogP contribution in [0.5, 0.6) is 0 Å². The van der Waals surface area contributed by atoms with Crippen LogP contribution in [0.15, 0.2) is 60.9 Å². The molecule has 0 fully saturated rings. The molecule has 0 aliphatic carbocycles. The Hall–Kier alpha value is -4.40. The molecule has 154 valence electrons. The molecule has 0 amide bonds. The minimum absolute atomic E-state index is 0.0209. The minimum Gasteiger partial charge on any atom is -0.397 e. The molecule has 0 bridgehead atoms. The lowest BCUT2D eigenvalue weighted by Crippen LogP contribution is -2.11. The number of hydrogen-bond acceptors (Lipinski definition) is 8. The second-order valence-corrected chi connectivity index (χ2v) is 6.78. The third-order valence-electron chi connectivity index (χ3n) is 4.63. The first-order valence-electron chi connectivity index (χ1n) is 9.30. The van der Waals surface area contributed by atoms with Gasteiger partial charge >= 0.3 is 0 Å². The van der Waals surface area contributed by atoms with E-state index in [-0.39, 0.29) is 40.9 Å². The van der Waals surface area contributed by atoms with E-state index in [1.165, 1.54) is 12.1 Å². The SMILES string of the molecule is Nc1cc(-c2ccncc2CC(=O)c2nc(-c3ccccc3F)ccc2N)nc(N)n1. The Morgan fingerprint density at radius 3 is 2.48 bits per heavy atom. The van der Waals surface area contributed by atoms with Crippen molar-refractivity contribution >= 4 is 23.2 Å². The lowest BCUT2D eigenvalue weighted by atomic mass is 9.99. The third kappa shape index (κ3) is 4.15. The normalized spacial score (nSPS) is 10.7. The molecule has 0 saturated carbocycles. The van der Waals surface area contributed by atoms with Gasteiger partial charge in [-0.05, 0) is 35.9 Å². The molecule has 31 heavy (non-hydrogen) atoms. The maximum absolute atomic E-state index is 14.2. The topological polar surface area (TPSA) is 147 Å². The van der Waals surface area contributed by atoms with Gasteiger partial charge in [-0.2, -0.15) is 4.98 Å². The Morgan fingerprint density at radius 1 is 0.903 bits per heavy atom. The molecule has 9 heteroatoms. The van der Waals surface area contributed by atoms with Crippen LogP contribution in [0.2, 0.25) is 0 Å². The highest BCUT2D eigenvalue weighted by molar-refractivity contribution is 6.01. The summed E-state index contributed by atoms with van der Waals surface area (Å²) >= 11 is 0. The fourth-order valence-electron chi connectivity index (χ4n) is 3.21. The summed E-state index contributed by atoms with van der Waals surface area (Å²) in [5.41, 5.74) is 20.0. The Labute approximate surface area is 177 Å². The number of anilines is 3. The molecule has 3 heterocycles. The smallest absolute Gasteiger partial charge is 0.222 e. The molecule has 8 nitrogen and oxygen atoms in total. The second-order valence-electron chi connectivity index (χ2n) is 6.78. The second kappa shape index (κ2) is 8.15. The van der Waals surface area contributed by atoms with Crippen LogP contribution in [0.4, 0.5) is 21.8 Å². The molecule has 0 radical (unpaired) electrons. The van der Waals surface area contributed by atoms with Crippen LogP contribution in [-0.2, 0) is 6.42 Å². The lowest BCUT2D eigenvalue weighted by molar-refractivity contribution is 0.0989. The number of nitrogens with two attached hydrogens (primary N) is 3. The first-order chi connectivity index (χ1) is 14.9. The van der Waals surface area contributed by atoms with Crippen LogP contribution in [0.25, 0.3) is 22.5 Å². The zero-order valence-electron chi connectivity index (χ0n) is 16.3. The first kappa shape index (κ1) is 19.9. The van der Waals surface area contributed by atoms with Crippen LogP contribution >= 0.6 is 0 Å². The molecule has 0 aliphatic rings. The predicted octanol–water partition coefficient (Wildman–Crippen LogP) is 2.91. The fourth-order valence-corrected chi connectivity index (χ4v) is 3.21. The van der Waals surface area contributed by atoms with E-state index in [9.17, 15) is 9.18 Å². The van der Waals surface area contributed by atoms with Crippen LogP contribution in [-0.4, -0.2) is 25.7 Å². The Bertz CT molecular complexity index is 1270. The quantitative estimate of drug-likeness (QED) is 0.422. The molecule has 3 aromatic heterocycles. The number of nitrogens with zero attached hydrogens (tertiary/aromatic N) is 4. The van der Waals surface area contributed by atoms with Gasteiger partial charge in [0.25, 0.3) is 0 Å². The summed E-state index contributed by atoms with van der Waals surface area (Å²) in [6.07, 6.45) is 3.08. The maximum atomic E-state index is 14.2. The maximum Gasteiger partial charge on any atom is 0.222 e. The van der Waals surface area contributed by atoms with E-state index in [1.807, 2.05) is 0 Å². The number of benzene rings is 1. The number of Topliss-reactive ketones (excluding diaryl/α,β-unsaturated/α-hetero) is 1. The van der Waals surface area contributed by atoms with Gasteiger partial charge in [-0.25, -0.2) is 14.4 Å². The summed E-state index contributed by atoms with van der Waals surface area (Å²) in [5, 5.41) is 0. The molecular formula is C22H18FN7O.